The lowest BCUT2D eigenvalue weighted by molar-refractivity contribution is 0.163. The Hall–Kier alpha value is -2.49. The monoisotopic (exact) mass is 374 g/mol. The smallest absolute Gasteiger partial charge is 0.243 e. The van der Waals surface area contributed by atoms with Gasteiger partial charge < -0.3 is 8.94 Å². The van der Waals surface area contributed by atoms with E-state index in [0.717, 1.165) is 0 Å². The first-order chi connectivity index (χ1) is 12.6. The molecule has 3 aromatic rings. The van der Waals surface area contributed by atoms with Gasteiger partial charge in [0.25, 0.3) is 0 Å². The van der Waals surface area contributed by atoms with Crippen LogP contribution in [0.1, 0.15) is 5.89 Å². The van der Waals surface area contributed by atoms with Crippen molar-refractivity contribution in [3.8, 4) is 11.6 Å². The van der Waals surface area contributed by atoms with Crippen LogP contribution in [0.15, 0.2) is 62.6 Å². The van der Waals surface area contributed by atoms with Gasteiger partial charge in [0.2, 0.25) is 21.7 Å². The summed E-state index contributed by atoms with van der Waals surface area (Å²) in [6.45, 7) is 2.54. The zero-order valence-corrected chi connectivity index (χ0v) is 14.8. The molecule has 0 amide bonds. The summed E-state index contributed by atoms with van der Waals surface area (Å²) in [6.07, 6.45) is 1.55. The van der Waals surface area contributed by atoms with Crippen LogP contribution in [0.3, 0.4) is 0 Å². The van der Waals surface area contributed by atoms with E-state index in [-0.39, 0.29) is 0 Å². The average molecular weight is 374 g/mol. The second-order valence-corrected chi connectivity index (χ2v) is 7.92. The molecule has 0 radical (unpaired) electrons. The Bertz CT molecular complexity index is 946. The van der Waals surface area contributed by atoms with Crippen molar-refractivity contribution in [2.24, 2.45) is 0 Å². The topological polar surface area (TPSA) is 92.7 Å². The van der Waals surface area contributed by atoms with Crippen molar-refractivity contribution < 1.29 is 17.4 Å². The Morgan fingerprint density at radius 3 is 2.46 bits per heavy atom. The van der Waals surface area contributed by atoms with Gasteiger partial charge in [-0.15, -0.1) is 0 Å². The third-order valence-corrected chi connectivity index (χ3v) is 6.19. The normalized spacial score (nSPS) is 16.8. The van der Waals surface area contributed by atoms with E-state index in [1.165, 1.54) is 4.31 Å². The van der Waals surface area contributed by atoms with Crippen molar-refractivity contribution in [2.75, 3.05) is 26.2 Å². The molecule has 1 saturated heterocycles. The molecular weight excluding hydrogens is 356 g/mol. The SMILES string of the molecule is O=S(=O)(c1ccccc1)N1CCN(Cc2nc(-c3ccco3)no2)CC1. The molecule has 1 aromatic carbocycles. The summed E-state index contributed by atoms with van der Waals surface area (Å²) in [5.74, 6) is 1.45. The highest BCUT2D eigenvalue weighted by Gasteiger charge is 2.29. The van der Waals surface area contributed by atoms with Crippen molar-refractivity contribution in [2.45, 2.75) is 11.4 Å². The highest BCUT2D eigenvalue weighted by Crippen LogP contribution is 2.19. The Kier molecular flexibility index (Phi) is 4.58. The lowest BCUT2D eigenvalue weighted by Gasteiger charge is -2.33. The van der Waals surface area contributed by atoms with Crippen LogP contribution in [0, 0.1) is 0 Å². The van der Waals surface area contributed by atoms with Crippen LogP contribution in [0.4, 0.5) is 0 Å². The lowest BCUT2D eigenvalue weighted by atomic mass is 10.3. The fraction of sp³-hybridized carbons (Fsp3) is 0.294. The molecule has 1 aliphatic rings. The van der Waals surface area contributed by atoms with E-state index >= 15 is 0 Å². The number of hydrogen-bond acceptors (Lipinski definition) is 7. The van der Waals surface area contributed by atoms with Crippen LogP contribution in [0.5, 0.6) is 0 Å². The molecule has 0 N–H and O–H groups in total. The van der Waals surface area contributed by atoms with E-state index in [2.05, 4.69) is 15.0 Å². The van der Waals surface area contributed by atoms with Gasteiger partial charge in [-0.2, -0.15) is 9.29 Å². The third-order valence-electron chi connectivity index (χ3n) is 4.28. The number of piperazine rings is 1. The Labute approximate surface area is 151 Å². The molecule has 2 aromatic heterocycles. The van der Waals surface area contributed by atoms with Crippen molar-refractivity contribution in [1.82, 2.24) is 19.3 Å². The van der Waals surface area contributed by atoms with Crippen LogP contribution in [-0.2, 0) is 16.6 Å². The van der Waals surface area contributed by atoms with Crippen LogP contribution < -0.4 is 0 Å². The Morgan fingerprint density at radius 2 is 1.77 bits per heavy atom. The minimum atomic E-state index is -3.44. The number of sulfonamides is 1. The maximum Gasteiger partial charge on any atom is 0.243 e. The first kappa shape index (κ1) is 17.0. The summed E-state index contributed by atoms with van der Waals surface area (Å²) in [7, 11) is -3.44. The molecular formula is C17H18N4O4S. The van der Waals surface area contributed by atoms with Crippen molar-refractivity contribution >= 4 is 10.0 Å². The molecule has 26 heavy (non-hydrogen) atoms. The van der Waals surface area contributed by atoms with Gasteiger partial charge in [0, 0.05) is 26.2 Å². The second-order valence-electron chi connectivity index (χ2n) is 5.98. The van der Waals surface area contributed by atoms with E-state index in [1.54, 1.807) is 48.7 Å². The summed E-state index contributed by atoms with van der Waals surface area (Å²) < 4.78 is 37.3. The highest BCUT2D eigenvalue weighted by molar-refractivity contribution is 7.89. The summed E-state index contributed by atoms with van der Waals surface area (Å²) in [5, 5.41) is 3.91. The number of aromatic nitrogens is 2. The van der Waals surface area contributed by atoms with Crippen LogP contribution in [0.2, 0.25) is 0 Å². The van der Waals surface area contributed by atoms with Gasteiger partial charge in [0.05, 0.1) is 17.7 Å². The molecule has 8 nitrogen and oxygen atoms in total. The van der Waals surface area contributed by atoms with E-state index in [9.17, 15) is 8.42 Å². The number of rotatable bonds is 5. The fourth-order valence-corrected chi connectivity index (χ4v) is 4.33. The second kappa shape index (κ2) is 7.02. The molecule has 0 unspecified atom stereocenters. The average Bonchev–Trinajstić information content (AvgIpc) is 3.34. The maximum atomic E-state index is 12.6. The van der Waals surface area contributed by atoms with Gasteiger partial charge >= 0.3 is 0 Å². The van der Waals surface area contributed by atoms with E-state index in [0.29, 0.717) is 55.1 Å². The maximum absolute atomic E-state index is 12.6. The molecule has 0 spiro atoms. The molecule has 9 heteroatoms. The third kappa shape index (κ3) is 3.41. The van der Waals surface area contributed by atoms with Crippen molar-refractivity contribution in [3.05, 3.63) is 54.6 Å². The van der Waals surface area contributed by atoms with E-state index in [4.69, 9.17) is 8.94 Å². The molecule has 0 atom stereocenters. The minimum absolute atomic E-state index is 0.327. The standard InChI is InChI=1S/C17H18N4O4S/c22-26(23,14-5-2-1-3-6-14)21-10-8-20(9-11-21)13-16-18-17(19-25-16)15-7-4-12-24-15/h1-7,12H,8-11,13H2. The predicted octanol–water partition coefficient (Wildman–Crippen LogP) is 1.84. The Balaban J connectivity index is 1.37. The molecule has 0 saturated carbocycles. The number of benzene rings is 1. The first-order valence-corrected chi connectivity index (χ1v) is 9.71. The number of hydrogen-bond donors (Lipinski definition) is 0. The van der Waals surface area contributed by atoms with Crippen molar-refractivity contribution in [3.63, 3.8) is 0 Å². The largest absolute Gasteiger partial charge is 0.461 e. The molecule has 1 fully saturated rings. The van der Waals surface area contributed by atoms with Gasteiger partial charge in [-0.1, -0.05) is 23.4 Å². The molecule has 1 aliphatic heterocycles. The van der Waals surface area contributed by atoms with E-state index in [1.807, 2.05) is 0 Å². The van der Waals surface area contributed by atoms with Gasteiger partial charge in [-0.05, 0) is 24.3 Å². The van der Waals surface area contributed by atoms with Crippen LogP contribution in [-0.4, -0.2) is 53.9 Å². The van der Waals surface area contributed by atoms with Crippen molar-refractivity contribution in [1.29, 1.82) is 0 Å². The molecule has 0 aliphatic carbocycles. The lowest BCUT2D eigenvalue weighted by Crippen LogP contribution is -2.48. The molecule has 0 bridgehead atoms. The summed E-state index contributed by atoms with van der Waals surface area (Å²) in [4.78, 5) is 6.74. The zero-order valence-electron chi connectivity index (χ0n) is 14.0. The van der Waals surface area contributed by atoms with E-state index < -0.39 is 10.0 Å². The fourth-order valence-electron chi connectivity index (χ4n) is 2.89. The number of nitrogens with zero attached hydrogens (tertiary/aromatic N) is 4. The predicted molar refractivity (Wildman–Crippen MR) is 92.5 cm³/mol. The quantitative estimate of drug-likeness (QED) is 0.673. The summed E-state index contributed by atoms with van der Waals surface area (Å²) in [5.41, 5.74) is 0. The van der Waals surface area contributed by atoms with Gasteiger partial charge in [-0.3, -0.25) is 4.90 Å². The van der Waals surface area contributed by atoms with Crippen LogP contribution >= 0.6 is 0 Å². The Morgan fingerprint density at radius 1 is 1.00 bits per heavy atom. The van der Waals surface area contributed by atoms with Gasteiger partial charge in [-0.25, -0.2) is 8.42 Å². The summed E-state index contributed by atoms with van der Waals surface area (Å²) in [6, 6.07) is 12.0. The van der Waals surface area contributed by atoms with Gasteiger partial charge in [0.15, 0.2) is 5.76 Å². The zero-order chi connectivity index (χ0) is 18.0. The minimum Gasteiger partial charge on any atom is -0.461 e. The number of furan rings is 1. The molecule has 3 heterocycles. The van der Waals surface area contributed by atoms with Gasteiger partial charge in [0.1, 0.15) is 0 Å². The highest BCUT2D eigenvalue weighted by atomic mass is 32.2. The summed E-state index contributed by atoms with van der Waals surface area (Å²) >= 11 is 0. The molecule has 136 valence electrons. The van der Waals surface area contributed by atoms with Crippen LogP contribution in [0.25, 0.3) is 11.6 Å². The molecule has 4 rings (SSSR count). The first-order valence-electron chi connectivity index (χ1n) is 8.27.